The summed E-state index contributed by atoms with van der Waals surface area (Å²) in [6.07, 6.45) is 0.812. The van der Waals surface area contributed by atoms with Gasteiger partial charge in [0, 0.05) is 37.6 Å². The number of thiazole rings is 1. The molecule has 5 nitrogen and oxygen atoms in total. The van der Waals surface area contributed by atoms with E-state index in [1.165, 1.54) is 11.3 Å². The number of hydrogen-bond donors (Lipinski definition) is 0. The van der Waals surface area contributed by atoms with Crippen molar-refractivity contribution in [2.24, 2.45) is 0 Å². The number of aromatic nitrogens is 1. The van der Waals surface area contributed by atoms with Crippen molar-refractivity contribution in [2.45, 2.75) is 26.5 Å². The van der Waals surface area contributed by atoms with Crippen molar-refractivity contribution in [2.75, 3.05) is 20.3 Å². The molecule has 0 radical (unpaired) electrons. The van der Waals surface area contributed by atoms with E-state index in [-0.39, 0.29) is 5.91 Å². The summed E-state index contributed by atoms with van der Waals surface area (Å²) in [6, 6.07) is 7.22. The predicted molar refractivity (Wildman–Crippen MR) is 95.5 cm³/mol. The maximum Gasteiger partial charge on any atom is 0.219 e. The molecule has 0 atom stereocenters. The highest BCUT2D eigenvalue weighted by atomic mass is 35.5. The van der Waals surface area contributed by atoms with Crippen molar-refractivity contribution in [3.8, 4) is 5.75 Å². The van der Waals surface area contributed by atoms with Gasteiger partial charge in [0.1, 0.15) is 17.4 Å². The molecule has 1 heterocycles. The van der Waals surface area contributed by atoms with Gasteiger partial charge in [-0.15, -0.1) is 11.3 Å². The predicted octanol–water partition coefficient (Wildman–Crippen LogP) is 3.76. The maximum atomic E-state index is 11.7. The first-order valence-corrected chi connectivity index (χ1v) is 8.90. The van der Waals surface area contributed by atoms with Crippen LogP contribution in [0.1, 0.15) is 24.0 Å². The van der Waals surface area contributed by atoms with Gasteiger partial charge in [-0.3, -0.25) is 4.79 Å². The minimum absolute atomic E-state index is 0.0399. The average molecular weight is 369 g/mol. The lowest BCUT2D eigenvalue weighted by molar-refractivity contribution is -0.129. The molecule has 130 valence electrons. The van der Waals surface area contributed by atoms with Crippen LogP contribution in [0, 0.1) is 0 Å². The third-order valence-electron chi connectivity index (χ3n) is 3.35. The Morgan fingerprint density at radius 1 is 1.33 bits per heavy atom. The number of benzene rings is 1. The van der Waals surface area contributed by atoms with Crippen LogP contribution < -0.4 is 4.74 Å². The lowest BCUT2D eigenvalue weighted by Crippen LogP contribution is -2.30. The van der Waals surface area contributed by atoms with Crippen LogP contribution in [0.15, 0.2) is 29.6 Å². The normalized spacial score (nSPS) is 10.6. The van der Waals surface area contributed by atoms with E-state index < -0.39 is 0 Å². The van der Waals surface area contributed by atoms with Gasteiger partial charge in [0.05, 0.1) is 12.2 Å². The van der Waals surface area contributed by atoms with Crippen LogP contribution in [0.4, 0.5) is 0 Å². The Kier molecular flexibility index (Phi) is 7.49. The Hall–Kier alpha value is -1.63. The van der Waals surface area contributed by atoms with E-state index in [4.69, 9.17) is 21.1 Å². The molecule has 0 aliphatic heterocycles. The summed E-state index contributed by atoms with van der Waals surface area (Å²) < 4.78 is 10.7. The summed E-state index contributed by atoms with van der Waals surface area (Å²) in [6.45, 7) is 3.79. The number of halogens is 1. The summed E-state index contributed by atoms with van der Waals surface area (Å²) in [5, 5.41) is 3.52. The van der Waals surface area contributed by atoms with E-state index in [1.54, 1.807) is 31.1 Å². The number of hydrogen-bond acceptors (Lipinski definition) is 5. The zero-order valence-electron chi connectivity index (χ0n) is 13.8. The summed E-state index contributed by atoms with van der Waals surface area (Å²) in [7, 11) is 1.66. The van der Waals surface area contributed by atoms with Crippen molar-refractivity contribution in [1.29, 1.82) is 0 Å². The second-order valence-electron chi connectivity index (χ2n) is 5.26. The number of rotatable bonds is 9. The molecule has 0 spiro atoms. The highest BCUT2D eigenvalue weighted by molar-refractivity contribution is 7.09. The van der Waals surface area contributed by atoms with Gasteiger partial charge in [-0.05, 0) is 30.7 Å². The van der Waals surface area contributed by atoms with Crippen LogP contribution in [0.3, 0.4) is 0 Å². The summed E-state index contributed by atoms with van der Waals surface area (Å²) in [4.78, 5) is 18.0. The molecule has 7 heteroatoms. The van der Waals surface area contributed by atoms with E-state index in [9.17, 15) is 4.79 Å². The molecule has 1 amide bonds. The largest absolute Gasteiger partial charge is 0.486 e. The van der Waals surface area contributed by atoms with Crippen LogP contribution >= 0.6 is 22.9 Å². The minimum Gasteiger partial charge on any atom is -0.486 e. The molecule has 1 aromatic heterocycles. The first-order valence-electron chi connectivity index (χ1n) is 7.64. The fraction of sp³-hybridized carbons (Fsp3) is 0.412. The highest BCUT2D eigenvalue weighted by Crippen LogP contribution is 2.18. The lowest BCUT2D eigenvalue weighted by atomic mass is 10.3. The van der Waals surface area contributed by atoms with Crippen LogP contribution in [-0.2, 0) is 22.7 Å². The molecule has 0 aliphatic rings. The number of methoxy groups -OCH3 is 1. The van der Waals surface area contributed by atoms with E-state index >= 15 is 0 Å². The summed E-state index contributed by atoms with van der Waals surface area (Å²) in [5.74, 6) is 0.791. The monoisotopic (exact) mass is 368 g/mol. The van der Waals surface area contributed by atoms with Crippen LogP contribution in [-0.4, -0.2) is 36.1 Å². The smallest absolute Gasteiger partial charge is 0.219 e. The Morgan fingerprint density at radius 3 is 2.75 bits per heavy atom. The molecule has 0 fully saturated rings. The Balaban J connectivity index is 1.86. The molecule has 0 N–H and O–H groups in total. The van der Waals surface area contributed by atoms with Crippen molar-refractivity contribution in [3.05, 3.63) is 45.4 Å². The number of carbonyl (C=O) groups excluding carboxylic acids is 1. The standard InChI is InChI=1S/C17H21ClN2O3S/c1-13(21)20(8-3-9-22-2)10-15-12-24-17(19-15)11-23-16-6-4-14(18)5-7-16/h4-7,12H,3,8-11H2,1-2H3. The van der Waals surface area contributed by atoms with Crippen LogP contribution in [0.25, 0.3) is 0 Å². The Labute approximate surface area is 151 Å². The highest BCUT2D eigenvalue weighted by Gasteiger charge is 2.12. The molecule has 24 heavy (non-hydrogen) atoms. The number of nitrogens with zero attached hydrogens (tertiary/aromatic N) is 2. The van der Waals surface area contributed by atoms with Gasteiger partial charge in [0.2, 0.25) is 5.91 Å². The summed E-state index contributed by atoms with van der Waals surface area (Å²) >= 11 is 7.37. The number of ether oxygens (including phenoxy) is 2. The van der Waals surface area contributed by atoms with Gasteiger partial charge in [-0.1, -0.05) is 11.6 Å². The molecular weight excluding hydrogens is 348 g/mol. The molecule has 0 aliphatic carbocycles. The fourth-order valence-corrected chi connectivity index (χ4v) is 2.93. The fourth-order valence-electron chi connectivity index (χ4n) is 2.11. The first kappa shape index (κ1) is 18.7. The molecule has 0 unspecified atom stereocenters. The molecular formula is C17H21ClN2O3S. The molecule has 0 saturated carbocycles. The quantitative estimate of drug-likeness (QED) is 0.632. The second kappa shape index (κ2) is 9.61. The van der Waals surface area contributed by atoms with Crippen LogP contribution in [0.2, 0.25) is 5.02 Å². The Morgan fingerprint density at radius 2 is 2.08 bits per heavy atom. The topological polar surface area (TPSA) is 51.7 Å². The van der Waals surface area contributed by atoms with E-state index in [1.807, 2.05) is 17.5 Å². The zero-order valence-corrected chi connectivity index (χ0v) is 15.4. The van der Waals surface area contributed by atoms with E-state index in [0.29, 0.717) is 31.3 Å². The number of carbonyl (C=O) groups is 1. The van der Waals surface area contributed by atoms with Gasteiger partial charge in [-0.25, -0.2) is 4.98 Å². The van der Waals surface area contributed by atoms with Gasteiger partial charge < -0.3 is 14.4 Å². The Bertz CT molecular complexity index is 646. The average Bonchev–Trinajstić information content (AvgIpc) is 3.01. The van der Waals surface area contributed by atoms with Crippen molar-refractivity contribution >= 4 is 28.8 Å². The maximum absolute atomic E-state index is 11.7. The molecule has 2 rings (SSSR count). The molecule has 1 aromatic carbocycles. The second-order valence-corrected chi connectivity index (χ2v) is 6.64. The van der Waals surface area contributed by atoms with Gasteiger partial charge in [0.25, 0.3) is 0 Å². The van der Waals surface area contributed by atoms with Gasteiger partial charge in [-0.2, -0.15) is 0 Å². The SMILES string of the molecule is COCCCN(Cc1csc(COc2ccc(Cl)cc2)n1)C(C)=O. The lowest BCUT2D eigenvalue weighted by Gasteiger charge is -2.19. The molecule has 0 bridgehead atoms. The third kappa shape index (κ3) is 6.11. The van der Waals surface area contributed by atoms with Crippen molar-refractivity contribution in [1.82, 2.24) is 9.88 Å². The minimum atomic E-state index is 0.0399. The summed E-state index contributed by atoms with van der Waals surface area (Å²) in [5.41, 5.74) is 0.877. The van der Waals surface area contributed by atoms with Gasteiger partial charge in [0.15, 0.2) is 0 Å². The third-order valence-corrected chi connectivity index (χ3v) is 4.47. The van der Waals surface area contributed by atoms with Gasteiger partial charge >= 0.3 is 0 Å². The zero-order chi connectivity index (χ0) is 17.4. The molecule has 0 saturated heterocycles. The molecule has 2 aromatic rings. The van der Waals surface area contributed by atoms with Crippen molar-refractivity contribution < 1.29 is 14.3 Å². The van der Waals surface area contributed by atoms with E-state index in [0.717, 1.165) is 22.9 Å². The van der Waals surface area contributed by atoms with Crippen LogP contribution in [0.5, 0.6) is 5.75 Å². The first-order chi connectivity index (χ1) is 11.6. The number of amides is 1. The van der Waals surface area contributed by atoms with E-state index in [2.05, 4.69) is 4.98 Å². The van der Waals surface area contributed by atoms with Crippen molar-refractivity contribution in [3.63, 3.8) is 0 Å².